The Morgan fingerprint density at radius 2 is 2.13 bits per heavy atom. The molecular weight excluding hydrogens is 365 g/mol. The van der Waals surface area contributed by atoms with Crippen molar-refractivity contribution in [2.75, 3.05) is 18.4 Å². The van der Waals surface area contributed by atoms with Crippen LogP contribution in [0.25, 0.3) is 0 Å². The third-order valence-corrected chi connectivity index (χ3v) is 4.13. The molecule has 2 aromatic rings. The smallest absolute Gasteiger partial charge is 0.321 e. The van der Waals surface area contributed by atoms with Gasteiger partial charge in [-0.3, -0.25) is 0 Å². The molecule has 1 fully saturated rings. The molecule has 2 heterocycles. The van der Waals surface area contributed by atoms with E-state index in [0.29, 0.717) is 24.7 Å². The fourth-order valence-electron chi connectivity index (χ4n) is 2.36. The Bertz CT molecular complexity index is 696. The number of pyridine rings is 1. The molecule has 1 aromatic carbocycles. The molecule has 23 heavy (non-hydrogen) atoms. The van der Waals surface area contributed by atoms with Crippen LogP contribution in [-0.4, -0.2) is 35.1 Å². The number of benzene rings is 1. The highest BCUT2D eigenvalue weighted by atomic mass is 79.9. The second kappa shape index (κ2) is 6.95. The average Bonchev–Trinajstić information content (AvgIpc) is 3.01. The monoisotopic (exact) mass is 379 g/mol. The van der Waals surface area contributed by atoms with Crippen molar-refractivity contribution < 1.29 is 13.9 Å². The predicted molar refractivity (Wildman–Crippen MR) is 88.0 cm³/mol. The lowest BCUT2D eigenvalue weighted by Gasteiger charge is -2.18. The van der Waals surface area contributed by atoms with Gasteiger partial charge in [-0.15, -0.1) is 0 Å². The molecule has 2 amide bonds. The number of rotatable bonds is 3. The van der Waals surface area contributed by atoms with Crippen LogP contribution in [0.4, 0.5) is 14.9 Å². The highest BCUT2D eigenvalue weighted by molar-refractivity contribution is 9.10. The molecule has 1 atom stereocenters. The molecule has 0 aliphatic carbocycles. The summed E-state index contributed by atoms with van der Waals surface area (Å²) < 4.78 is 19.5. The molecule has 0 bridgehead atoms. The van der Waals surface area contributed by atoms with Gasteiger partial charge in [-0.05, 0) is 52.3 Å². The predicted octanol–water partition coefficient (Wildman–Crippen LogP) is 3.67. The number of nitrogens with one attached hydrogen (secondary N) is 1. The Hall–Kier alpha value is -2.15. The van der Waals surface area contributed by atoms with Crippen molar-refractivity contribution in [1.29, 1.82) is 0 Å². The molecule has 0 saturated carbocycles. The van der Waals surface area contributed by atoms with Gasteiger partial charge in [-0.1, -0.05) is 0 Å². The lowest BCUT2D eigenvalue weighted by molar-refractivity contribution is 0.189. The molecule has 1 aromatic heterocycles. The van der Waals surface area contributed by atoms with Gasteiger partial charge >= 0.3 is 6.03 Å². The van der Waals surface area contributed by atoms with Gasteiger partial charge in [0.15, 0.2) is 0 Å². The van der Waals surface area contributed by atoms with Crippen molar-refractivity contribution in [1.82, 2.24) is 9.88 Å². The Morgan fingerprint density at radius 3 is 2.87 bits per heavy atom. The molecule has 1 aliphatic heterocycles. The van der Waals surface area contributed by atoms with Crippen molar-refractivity contribution in [3.05, 3.63) is 52.9 Å². The number of carbonyl (C=O) groups excluding carboxylic acids is 1. The molecule has 1 aliphatic rings. The maximum absolute atomic E-state index is 12.9. The van der Waals surface area contributed by atoms with Gasteiger partial charge in [0.05, 0.1) is 11.0 Å². The van der Waals surface area contributed by atoms with Crippen molar-refractivity contribution in [2.45, 2.75) is 12.5 Å². The molecule has 0 spiro atoms. The topological polar surface area (TPSA) is 54.5 Å². The number of nitrogens with zero attached hydrogens (tertiary/aromatic N) is 2. The van der Waals surface area contributed by atoms with E-state index in [1.807, 2.05) is 12.1 Å². The van der Waals surface area contributed by atoms with Gasteiger partial charge in [-0.25, -0.2) is 14.2 Å². The second-order valence-electron chi connectivity index (χ2n) is 5.20. The minimum Gasteiger partial charge on any atom is -0.472 e. The van der Waals surface area contributed by atoms with Gasteiger partial charge in [0, 0.05) is 24.8 Å². The van der Waals surface area contributed by atoms with Crippen molar-refractivity contribution >= 4 is 27.6 Å². The van der Waals surface area contributed by atoms with Gasteiger partial charge in [-0.2, -0.15) is 0 Å². The van der Waals surface area contributed by atoms with E-state index in [9.17, 15) is 9.18 Å². The molecule has 0 radical (unpaired) electrons. The number of ether oxygens (including phenoxy) is 1. The molecule has 1 N–H and O–H groups in total. The first-order chi connectivity index (χ1) is 11.1. The summed E-state index contributed by atoms with van der Waals surface area (Å²) in [6.07, 6.45) is 2.30. The number of hydrogen-bond donors (Lipinski definition) is 1. The lowest BCUT2D eigenvalue weighted by atomic mass is 10.3. The summed E-state index contributed by atoms with van der Waals surface area (Å²) in [5, 5.41) is 2.75. The summed E-state index contributed by atoms with van der Waals surface area (Å²) in [5.74, 6) is 0.192. The maximum Gasteiger partial charge on any atom is 0.321 e. The standard InChI is InChI=1S/C16H15BrFN3O2/c17-14-2-1-8-19-15(14)23-13-7-9-21(10-13)16(22)20-12-5-3-11(18)4-6-12/h1-6,8,13H,7,9-10H2,(H,20,22). The summed E-state index contributed by atoms with van der Waals surface area (Å²) in [7, 11) is 0. The van der Waals surface area contributed by atoms with E-state index >= 15 is 0 Å². The summed E-state index contributed by atoms with van der Waals surface area (Å²) >= 11 is 3.39. The molecule has 120 valence electrons. The van der Waals surface area contributed by atoms with Gasteiger partial charge in [0.1, 0.15) is 11.9 Å². The minimum atomic E-state index is -0.335. The first-order valence-electron chi connectivity index (χ1n) is 7.20. The fraction of sp³-hybridized carbons (Fsp3) is 0.250. The van der Waals surface area contributed by atoms with Crippen LogP contribution >= 0.6 is 15.9 Å². The zero-order chi connectivity index (χ0) is 16.2. The molecule has 7 heteroatoms. The third-order valence-electron chi connectivity index (χ3n) is 3.53. The highest BCUT2D eigenvalue weighted by Gasteiger charge is 2.28. The zero-order valence-corrected chi connectivity index (χ0v) is 13.8. The normalized spacial score (nSPS) is 17.1. The van der Waals surface area contributed by atoms with Gasteiger partial charge < -0.3 is 15.0 Å². The van der Waals surface area contributed by atoms with Gasteiger partial charge in [0.25, 0.3) is 0 Å². The fourth-order valence-corrected chi connectivity index (χ4v) is 2.71. The number of carbonyl (C=O) groups is 1. The van der Waals surface area contributed by atoms with Gasteiger partial charge in [0.2, 0.25) is 5.88 Å². The van der Waals surface area contributed by atoms with E-state index in [-0.39, 0.29) is 18.0 Å². The molecule has 1 unspecified atom stereocenters. The van der Waals surface area contributed by atoms with E-state index in [0.717, 1.165) is 10.9 Å². The number of halogens is 2. The minimum absolute atomic E-state index is 0.0971. The van der Waals surface area contributed by atoms with Crippen LogP contribution in [0.1, 0.15) is 6.42 Å². The summed E-state index contributed by atoms with van der Waals surface area (Å²) in [6, 6.07) is 9.13. The van der Waals surface area contributed by atoms with Crippen LogP contribution in [0.5, 0.6) is 5.88 Å². The average molecular weight is 380 g/mol. The van der Waals surface area contributed by atoms with Crippen LogP contribution < -0.4 is 10.1 Å². The number of aromatic nitrogens is 1. The quantitative estimate of drug-likeness (QED) is 0.884. The number of likely N-dealkylation sites (tertiary alicyclic amines) is 1. The van der Waals surface area contributed by atoms with E-state index < -0.39 is 0 Å². The van der Waals surface area contributed by atoms with Crippen LogP contribution in [0, 0.1) is 5.82 Å². The molecular formula is C16H15BrFN3O2. The van der Waals surface area contributed by atoms with E-state index in [1.54, 1.807) is 11.1 Å². The van der Waals surface area contributed by atoms with Crippen LogP contribution in [0.3, 0.4) is 0 Å². The maximum atomic E-state index is 12.9. The van der Waals surface area contributed by atoms with Crippen LogP contribution in [0.15, 0.2) is 47.1 Å². The second-order valence-corrected chi connectivity index (χ2v) is 6.06. The van der Waals surface area contributed by atoms with E-state index in [2.05, 4.69) is 26.2 Å². The van der Waals surface area contributed by atoms with Crippen molar-refractivity contribution in [3.8, 4) is 5.88 Å². The molecule has 5 nitrogen and oxygen atoms in total. The summed E-state index contributed by atoms with van der Waals surface area (Å²) in [5.41, 5.74) is 0.563. The Kier molecular flexibility index (Phi) is 4.76. The Morgan fingerprint density at radius 1 is 1.35 bits per heavy atom. The van der Waals surface area contributed by atoms with Crippen molar-refractivity contribution in [2.24, 2.45) is 0 Å². The zero-order valence-electron chi connectivity index (χ0n) is 12.2. The number of anilines is 1. The molecule has 3 rings (SSSR count). The van der Waals surface area contributed by atoms with E-state index in [4.69, 9.17) is 4.74 Å². The number of hydrogen-bond acceptors (Lipinski definition) is 3. The third kappa shape index (κ3) is 3.98. The lowest BCUT2D eigenvalue weighted by Crippen LogP contribution is -2.34. The number of urea groups is 1. The Labute approximate surface area is 141 Å². The molecule has 1 saturated heterocycles. The van der Waals surface area contributed by atoms with E-state index in [1.165, 1.54) is 24.3 Å². The van der Waals surface area contributed by atoms with Crippen molar-refractivity contribution in [3.63, 3.8) is 0 Å². The van der Waals surface area contributed by atoms with Crippen LogP contribution in [-0.2, 0) is 0 Å². The summed E-state index contributed by atoms with van der Waals surface area (Å²) in [6.45, 7) is 1.08. The SMILES string of the molecule is O=C(Nc1ccc(F)cc1)N1CCC(Oc2ncccc2Br)C1. The highest BCUT2D eigenvalue weighted by Crippen LogP contribution is 2.24. The Balaban J connectivity index is 1.55. The first-order valence-corrected chi connectivity index (χ1v) is 8.00. The first kappa shape index (κ1) is 15.7. The number of amides is 2. The largest absolute Gasteiger partial charge is 0.472 e. The summed E-state index contributed by atoms with van der Waals surface area (Å²) in [4.78, 5) is 18.0. The van der Waals surface area contributed by atoms with Crippen LogP contribution in [0.2, 0.25) is 0 Å².